The third-order valence-electron chi connectivity index (χ3n) is 3.44. The van der Waals surface area contributed by atoms with E-state index in [0.29, 0.717) is 18.5 Å². The Hall–Kier alpha value is -0.910. The minimum atomic E-state index is 0.192. The second-order valence-electron chi connectivity index (χ2n) is 5.95. The molecule has 0 aromatic carbocycles. The molecule has 5 nitrogen and oxygen atoms in total. The highest BCUT2D eigenvalue weighted by atomic mass is 16.5. The molecule has 0 radical (unpaired) electrons. The summed E-state index contributed by atoms with van der Waals surface area (Å²) in [4.78, 5) is 6.71. The Balaban J connectivity index is 2.95. The summed E-state index contributed by atoms with van der Waals surface area (Å²) in [5, 5.41) is 0. The van der Waals surface area contributed by atoms with Crippen LogP contribution in [0.1, 0.15) is 45.5 Å². The fourth-order valence-electron chi connectivity index (χ4n) is 2.51. The summed E-state index contributed by atoms with van der Waals surface area (Å²) >= 11 is 0. The molecule has 1 aromatic rings. The number of nitrogens with two attached hydrogens (primary N) is 1. The van der Waals surface area contributed by atoms with Crippen LogP contribution in [0.2, 0.25) is 0 Å². The lowest BCUT2D eigenvalue weighted by Gasteiger charge is -2.33. The SMILES string of the molecule is COCCN(CC(C)C)C(CN)c1cncn1C(C)C. The molecule has 0 spiro atoms. The van der Waals surface area contributed by atoms with Gasteiger partial charge < -0.3 is 15.0 Å². The molecule has 2 N–H and O–H groups in total. The molecule has 0 aliphatic rings. The van der Waals surface area contributed by atoms with E-state index in [1.165, 1.54) is 5.69 Å². The molecule has 0 fully saturated rings. The summed E-state index contributed by atoms with van der Waals surface area (Å²) in [6.45, 7) is 12.0. The number of imidazole rings is 1. The molecular formula is C15H30N4O. The number of methoxy groups -OCH3 is 1. The lowest BCUT2D eigenvalue weighted by Crippen LogP contribution is -2.39. The van der Waals surface area contributed by atoms with Gasteiger partial charge in [0.25, 0.3) is 0 Å². The van der Waals surface area contributed by atoms with Gasteiger partial charge in [0.1, 0.15) is 0 Å². The fraction of sp³-hybridized carbons (Fsp3) is 0.800. The first kappa shape index (κ1) is 17.1. The summed E-state index contributed by atoms with van der Waals surface area (Å²) in [6.07, 6.45) is 3.84. The van der Waals surface area contributed by atoms with Crippen molar-refractivity contribution in [3.63, 3.8) is 0 Å². The van der Waals surface area contributed by atoms with Crippen molar-refractivity contribution >= 4 is 0 Å². The van der Waals surface area contributed by atoms with Crippen molar-refractivity contribution < 1.29 is 4.74 Å². The molecule has 1 unspecified atom stereocenters. The monoisotopic (exact) mass is 282 g/mol. The summed E-state index contributed by atoms with van der Waals surface area (Å²) < 4.78 is 7.44. The average Bonchev–Trinajstić information content (AvgIpc) is 2.85. The first-order valence-corrected chi connectivity index (χ1v) is 7.46. The molecule has 0 aliphatic carbocycles. The second-order valence-corrected chi connectivity index (χ2v) is 5.95. The van der Waals surface area contributed by atoms with Gasteiger partial charge in [-0.3, -0.25) is 4.90 Å². The van der Waals surface area contributed by atoms with E-state index in [2.05, 4.69) is 42.1 Å². The van der Waals surface area contributed by atoms with Crippen LogP contribution < -0.4 is 5.73 Å². The molecule has 0 aliphatic heterocycles. The first-order valence-electron chi connectivity index (χ1n) is 7.46. The molecule has 1 heterocycles. The van der Waals surface area contributed by atoms with Gasteiger partial charge >= 0.3 is 0 Å². The quantitative estimate of drug-likeness (QED) is 0.753. The summed E-state index contributed by atoms with van der Waals surface area (Å²) in [6, 6.07) is 0.585. The van der Waals surface area contributed by atoms with Crippen molar-refractivity contribution in [2.75, 3.05) is 33.4 Å². The molecule has 0 amide bonds. The summed E-state index contributed by atoms with van der Waals surface area (Å²) in [5.41, 5.74) is 7.25. The van der Waals surface area contributed by atoms with Crippen molar-refractivity contribution in [1.29, 1.82) is 0 Å². The van der Waals surface area contributed by atoms with Crippen LogP contribution in [-0.4, -0.2) is 47.8 Å². The third-order valence-corrected chi connectivity index (χ3v) is 3.44. The van der Waals surface area contributed by atoms with Crippen LogP contribution in [-0.2, 0) is 4.74 Å². The average molecular weight is 282 g/mol. The fourth-order valence-corrected chi connectivity index (χ4v) is 2.51. The van der Waals surface area contributed by atoms with E-state index in [4.69, 9.17) is 10.5 Å². The van der Waals surface area contributed by atoms with E-state index in [0.717, 1.165) is 19.7 Å². The van der Waals surface area contributed by atoms with Crippen LogP contribution >= 0.6 is 0 Å². The van der Waals surface area contributed by atoms with Crippen molar-refractivity contribution in [2.24, 2.45) is 11.7 Å². The molecular weight excluding hydrogens is 252 g/mol. The largest absolute Gasteiger partial charge is 0.383 e. The molecule has 116 valence electrons. The normalized spacial score (nSPS) is 13.7. The second kappa shape index (κ2) is 8.39. The highest BCUT2D eigenvalue weighted by molar-refractivity contribution is 5.08. The van der Waals surface area contributed by atoms with Crippen molar-refractivity contribution in [2.45, 2.75) is 39.8 Å². The van der Waals surface area contributed by atoms with Crippen LogP contribution in [0.3, 0.4) is 0 Å². The zero-order valence-electron chi connectivity index (χ0n) is 13.5. The van der Waals surface area contributed by atoms with Gasteiger partial charge in [-0.05, 0) is 19.8 Å². The van der Waals surface area contributed by atoms with Gasteiger partial charge in [-0.1, -0.05) is 13.8 Å². The number of nitrogens with zero attached hydrogens (tertiary/aromatic N) is 3. The maximum absolute atomic E-state index is 6.06. The van der Waals surface area contributed by atoms with Crippen LogP contribution in [0.4, 0.5) is 0 Å². The Bertz CT molecular complexity index is 376. The lowest BCUT2D eigenvalue weighted by molar-refractivity contribution is 0.108. The smallest absolute Gasteiger partial charge is 0.0951 e. The maximum Gasteiger partial charge on any atom is 0.0951 e. The zero-order valence-corrected chi connectivity index (χ0v) is 13.5. The van der Waals surface area contributed by atoms with Crippen LogP contribution in [0, 0.1) is 5.92 Å². The molecule has 1 rings (SSSR count). The van der Waals surface area contributed by atoms with E-state index in [-0.39, 0.29) is 6.04 Å². The highest BCUT2D eigenvalue weighted by Crippen LogP contribution is 2.23. The van der Waals surface area contributed by atoms with Gasteiger partial charge in [0.15, 0.2) is 0 Å². The van der Waals surface area contributed by atoms with Crippen LogP contribution in [0.25, 0.3) is 0 Å². The van der Waals surface area contributed by atoms with Crippen molar-refractivity contribution in [1.82, 2.24) is 14.5 Å². The van der Waals surface area contributed by atoms with Gasteiger partial charge in [0.2, 0.25) is 0 Å². The van der Waals surface area contributed by atoms with Gasteiger partial charge in [-0.15, -0.1) is 0 Å². The number of rotatable bonds is 9. The topological polar surface area (TPSA) is 56.3 Å². The maximum atomic E-state index is 6.06. The zero-order chi connectivity index (χ0) is 15.1. The Labute approximate surface area is 123 Å². The molecule has 5 heteroatoms. The lowest BCUT2D eigenvalue weighted by atomic mass is 10.1. The number of ether oxygens (including phenoxy) is 1. The van der Waals surface area contributed by atoms with E-state index < -0.39 is 0 Å². The summed E-state index contributed by atoms with van der Waals surface area (Å²) in [5.74, 6) is 0.594. The van der Waals surface area contributed by atoms with E-state index in [1.807, 2.05) is 12.5 Å². The molecule has 20 heavy (non-hydrogen) atoms. The molecule has 0 bridgehead atoms. The predicted molar refractivity (Wildman–Crippen MR) is 82.7 cm³/mol. The van der Waals surface area contributed by atoms with Crippen molar-refractivity contribution in [3.05, 3.63) is 18.2 Å². The number of hydrogen-bond donors (Lipinski definition) is 1. The van der Waals surface area contributed by atoms with E-state index in [9.17, 15) is 0 Å². The minimum absolute atomic E-state index is 0.192. The molecule has 1 atom stereocenters. The third kappa shape index (κ3) is 4.58. The molecule has 0 saturated carbocycles. The number of aromatic nitrogens is 2. The van der Waals surface area contributed by atoms with Crippen LogP contribution in [0.5, 0.6) is 0 Å². The van der Waals surface area contributed by atoms with Crippen LogP contribution in [0.15, 0.2) is 12.5 Å². The van der Waals surface area contributed by atoms with Crippen molar-refractivity contribution in [3.8, 4) is 0 Å². The minimum Gasteiger partial charge on any atom is -0.383 e. The van der Waals surface area contributed by atoms with Gasteiger partial charge in [0, 0.05) is 39.0 Å². The van der Waals surface area contributed by atoms with Gasteiger partial charge in [0.05, 0.1) is 24.7 Å². The predicted octanol–water partition coefficient (Wildman–Crippen LogP) is 2.07. The number of hydrogen-bond acceptors (Lipinski definition) is 4. The van der Waals surface area contributed by atoms with E-state index in [1.54, 1.807) is 7.11 Å². The highest BCUT2D eigenvalue weighted by Gasteiger charge is 2.23. The molecule has 1 aromatic heterocycles. The Morgan fingerprint density at radius 1 is 1.35 bits per heavy atom. The first-order chi connectivity index (χ1) is 9.51. The summed E-state index contributed by atoms with van der Waals surface area (Å²) in [7, 11) is 1.74. The molecule has 0 saturated heterocycles. The van der Waals surface area contributed by atoms with Gasteiger partial charge in [-0.25, -0.2) is 4.98 Å². The Morgan fingerprint density at radius 2 is 2.05 bits per heavy atom. The standard InChI is InChI=1S/C15H30N4O/c1-12(2)10-18(6-7-20-5)14(8-16)15-9-17-11-19(15)13(3)4/h9,11-14H,6-8,10,16H2,1-5H3. The Morgan fingerprint density at radius 3 is 2.55 bits per heavy atom. The van der Waals surface area contributed by atoms with E-state index >= 15 is 0 Å². The Kier molecular flexibility index (Phi) is 7.19. The van der Waals surface area contributed by atoms with Gasteiger partial charge in [-0.2, -0.15) is 0 Å².